The molecule has 24 heavy (non-hydrogen) atoms. The first kappa shape index (κ1) is 15.2. The van der Waals surface area contributed by atoms with Crippen LogP contribution in [-0.4, -0.2) is 59.3 Å². The average molecular weight is 330 g/mol. The fourth-order valence-electron chi connectivity index (χ4n) is 3.71. The lowest BCUT2D eigenvalue weighted by Crippen LogP contribution is -2.41. The highest BCUT2D eigenvalue weighted by Gasteiger charge is 2.34. The Hall–Kier alpha value is -2.32. The largest absolute Gasteiger partial charge is 0.342 e. The second kappa shape index (κ2) is 6.29. The monoisotopic (exact) mass is 330 g/mol. The number of fused-ring (bicyclic) bond motifs is 1. The smallest absolute Gasteiger partial charge is 0.233 e. The molecule has 1 amide bonds. The molecule has 2 aromatic rings. The average Bonchev–Trinajstić information content (AvgIpc) is 3.20. The van der Waals surface area contributed by atoms with Crippen LogP contribution in [0.2, 0.25) is 0 Å². The molecule has 0 bridgehead atoms. The van der Waals surface area contributed by atoms with Crippen molar-refractivity contribution >= 4 is 5.91 Å². The van der Waals surface area contributed by atoms with Gasteiger partial charge in [-0.1, -0.05) is 6.42 Å². The quantitative estimate of drug-likeness (QED) is 0.872. The number of likely N-dealkylation sites (tertiary alicyclic amines) is 1. The first-order valence-electron chi connectivity index (χ1n) is 8.66. The number of hydrogen-bond donors (Lipinski definition) is 1. The fraction of sp³-hybridized carbons (Fsp3) is 0.733. The Morgan fingerprint density at radius 3 is 2.75 bits per heavy atom. The van der Waals surface area contributed by atoms with Gasteiger partial charge in [-0.2, -0.15) is 5.10 Å². The number of nitrogens with one attached hydrogen (secondary N) is 1. The number of nitrogens with zero attached hydrogens (tertiary/aromatic N) is 7. The van der Waals surface area contributed by atoms with E-state index in [-0.39, 0.29) is 11.8 Å². The molecule has 4 heterocycles. The minimum atomic E-state index is -0.204. The van der Waals surface area contributed by atoms with Crippen LogP contribution in [0.4, 0.5) is 0 Å². The molecule has 0 spiro atoms. The molecule has 0 radical (unpaired) electrons. The van der Waals surface area contributed by atoms with E-state index < -0.39 is 0 Å². The van der Waals surface area contributed by atoms with Crippen LogP contribution >= 0.6 is 0 Å². The molecule has 1 unspecified atom stereocenters. The Labute approximate surface area is 139 Å². The summed E-state index contributed by atoms with van der Waals surface area (Å²) in [6.07, 6.45) is 4.68. The highest BCUT2D eigenvalue weighted by Crippen LogP contribution is 2.30. The number of aromatic amines is 1. The van der Waals surface area contributed by atoms with E-state index >= 15 is 0 Å². The predicted octanol–water partition coefficient (Wildman–Crippen LogP) is 0.773. The lowest BCUT2D eigenvalue weighted by molar-refractivity contribution is -0.134. The number of piperidine rings is 1. The number of hydrogen-bond acceptors (Lipinski definition) is 6. The number of tetrazole rings is 1. The summed E-state index contributed by atoms with van der Waals surface area (Å²) in [5.41, 5.74) is 0. The number of aromatic nitrogens is 7. The summed E-state index contributed by atoms with van der Waals surface area (Å²) in [4.78, 5) is 19.4. The normalized spacial score (nSPS) is 22.2. The number of amides is 1. The van der Waals surface area contributed by atoms with Crippen LogP contribution in [0.3, 0.4) is 0 Å². The number of aryl methyl sites for hydroxylation is 2. The van der Waals surface area contributed by atoms with Crippen molar-refractivity contribution < 1.29 is 4.79 Å². The maximum absolute atomic E-state index is 13.0. The van der Waals surface area contributed by atoms with Crippen LogP contribution in [0.1, 0.15) is 61.4 Å². The molecule has 1 saturated heterocycles. The molecule has 2 aliphatic rings. The maximum atomic E-state index is 13.0. The maximum Gasteiger partial charge on any atom is 0.233 e. The Balaban J connectivity index is 1.43. The van der Waals surface area contributed by atoms with Crippen LogP contribution in [0.5, 0.6) is 0 Å². The number of carbonyl (C=O) groups excluding carboxylic acids is 1. The van der Waals surface area contributed by atoms with Gasteiger partial charge in [-0.3, -0.25) is 9.89 Å². The zero-order valence-corrected chi connectivity index (χ0v) is 13.9. The molecule has 9 nitrogen and oxygen atoms in total. The molecule has 0 aromatic carbocycles. The van der Waals surface area contributed by atoms with Gasteiger partial charge in [0.25, 0.3) is 0 Å². The Morgan fingerprint density at radius 1 is 1.17 bits per heavy atom. The van der Waals surface area contributed by atoms with E-state index in [4.69, 9.17) is 0 Å². The Morgan fingerprint density at radius 2 is 2.00 bits per heavy atom. The van der Waals surface area contributed by atoms with Gasteiger partial charge in [0.15, 0.2) is 11.6 Å². The van der Waals surface area contributed by atoms with Gasteiger partial charge in [0, 0.05) is 25.6 Å². The van der Waals surface area contributed by atoms with Crippen molar-refractivity contribution in [3.8, 4) is 0 Å². The molecule has 2 aliphatic heterocycles. The topological polar surface area (TPSA) is 105 Å². The third-order valence-electron chi connectivity index (χ3n) is 5.07. The van der Waals surface area contributed by atoms with Crippen molar-refractivity contribution in [1.29, 1.82) is 0 Å². The Kier molecular flexibility index (Phi) is 3.99. The SMILES string of the molecule is Cc1nc(C2CCN(C(=O)C3CCCCn4nnnc43)CC2)n[nH]1. The summed E-state index contributed by atoms with van der Waals surface area (Å²) in [5.74, 6) is 2.73. The first-order chi connectivity index (χ1) is 11.7. The molecule has 4 rings (SSSR count). The van der Waals surface area contributed by atoms with Crippen molar-refractivity contribution in [3.05, 3.63) is 17.5 Å². The van der Waals surface area contributed by atoms with Crippen LogP contribution in [-0.2, 0) is 11.3 Å². The lowest BCUT2D eigenvalue weighted by atomic mass is 9.94. The van der Waals surface area contributed by atoms with Crippen LogP contribution in [0, 0.1) is 6.92 Å². The molecule has 1 fully saturated rings. The van der Waals surface area contributed by atoms with Gasteiger partial charge in [0.05, 0.1) is 5.92 Å². The number of carbonyl (C=O) groups is 1. The molecule has 9 heteroatoms. The molecular weight excluding hydrogens is 308 g/mol. The van der Waals surface area contributed by atoms with Crippen LogP contribution in [0.15, 0.2) is 0 Å². The van der Waals surface area contributed by atoms with E-state index in [1.54, 1.807) is 4.68 Å². The van der Waals surface area contributed by atoms with E-state index in [0.717, 1.165) is 69.2 Å². The van der Waals surface area contributed by atoms with E-state index in [9.17, 15) is 4.79 Å². The van der Waals surface area contributed by atoms with Crippen molar-refractivity contribution in [2.24, 2.45) is 0 Å². The molecular formula is C15H22N8O. The van der Waals surface area contributed by atoms with Crippen LogP contribution < -0.4 is 0 Å². The van der Waals surface area contributed by atoms with E-state index in [2.05, 4.69) is 30.7 Å². The molecule has 0 saturated carbocycles. The minimum Gasteiger partial charge on any atom is -0.342 e. The molecule has 128 valence electrons. The van der Waals surface area contributed by atoms with E-state index in [1.807, 2.05) is 11.8 Å². The van der Waals surface area contributed by atoms with E-state index in [1.165, 1.54) is 0 Å². The van der Waals surface area contributed by atoms with Gasteiger partial charge in [-0.05, 0) is 43.0 Å². The highest BCUT2D eigenvalue weighted by molar-refractivity contribution is 5.83. The van der Waals surface area contributed by atoms with Crippen molar-refractivity contribution in [1.82, 2.24) is 40.3 Å². The molecule has 0 aliphatic carbocycles. The third-order valence-corrected chi connectivity index (χ3v) is 5.07. The zero-order valence-electron chi connectivity index (χ0n) is 13.9. The highest BCUT2D eigenvalue weighted by atomic mass is 16.2. The van der Waals surface area contributed by atoms with Gasteiger partial charge >= 0.3 is 0 Å². The van der Waals surface area contributed by atoms with Crippen molar-refractivity contribution in [2.45, 2.75) is 57.4 Å². The summed E-state index contributed by atoms with van der Waals surface area (Å²) in [6, 6.07) is 0. The summed E-state index contributed by atoms with van der Waals surface area (Å²) in [5, 5.41) is 19.0. The fourth-order valence-corrected chi connectivity index (χ4v) is 3.71. The third kappa shape index (κ3) is 2.78. The number of H-pyrrole nitrogens is 1. The predicted molar refractivity (Wildman–Crippen MR) is 84.1 cm³/mol. The summed E-state index contributed by atoms with van der Waals surface area (Å²) < 4.78 is 1.79. The number of rotatable bonds is 2. The van der Waals surface area contributed by atoms with Crippen molar-refractivity contribution in [2.75, 3.05) is 13.1 Å². The Bertz CT molecular complexity index is 715. The molecule has 2 aromatic heterocycles. The van der Waals surface area contributed by atoms with E-state index in [0.29, 0.717) is 5.92 Å². The summed E-state index contributed by atoms with van der Waals surface area (Å²) in [7, 11) is 0. The van der Waals surface area contributed by atoms with Crippen LogP contribution in [0.25, 0.3) is 0 Å². The second-order valence-electron chi connectivity index (χ2n) is 6.69. The molecule has 1 atom stereocenters. The first-order valence-corrected chi connectivity index (χ1v) is 8.66. The van der Waals surface area contributed by atoms with Gasteiger partial charge in [0.1, 0.15) is 5.82 Å². The lowest BCUT2D eigenvalue weighted by Gasteiger charge is -2.32. The van der Waals surface area contributed by atoms with Gasteiger partial charge in [0.2, 0.25) is 5.91 Å². The second-order valence-corrected chi connectivity index (χ2v) is 6.69. The zero-order chi connectivity index (χ0) is 16.5. The summed E-state index contributed by atoms with van der Waals surface area (Å²) in [6.45, 7) is 4.20. The van der Waals surface area contributed by atoms with Gasteiger partial charge in [-0.15, -0.1) is 5.10 Å². The summed E-state index contributed by atoms with van der Waals surface area (Å²) >= 11 is 0. The standard InChI is InChI=1S/C15H22N8O/c1-10-16-13(18-17-10)11-5-8-22(9-6-11)15(24)12-4-2-3-7-23-14(12)19-20-21-23/h11-12H,2-9H2,1H3,(H,16,17,18). The minimum absolute atomic E-state index is 0.164. The van der Waals surface area contributed by atoms with Gasteiger partial charge in [-0.25, -0.2) is 9.67 Å². The van der Waals surface area contributed by atoms with Crippen molar-refractivity contribution in [3.63, 3.8) is 0 Å². The molecule has 1 N–H and O–H groups in total. The van der Waals surface area contributed by atoms with Gasteiger partial charge < -0.3 is 4.90 Å².